The van der Waals surface area contributed by atoms with Crippen molar-refractivity contribution < 1.29 is 4.74 Å². The van der Waals surface area contributed by atoms with E-state index in [9.17, 15) is 0 Å². The van der Waals surface area contributed by atoms with Crippen LogP contribution in [-0.4, -0.2) is 49.8 Å². The van der Waals surface area contributed by atoms with E-state index in [-0.39, 0.29) is 14.9 Å². The third-order valence-electron chi connectivity index (χ3n) is 7.35. The minimum Gasteiger partial charge on any atom is -0.378 e. The molecule has 0 atom stereocenters. The Bertz CT molecular complexity index is 432. The minimum absolute atomic E-state index is 0. The average Bonchev–Trinajstić information content (AvgIpc) is 2.77. The summed E-state index contributed by atoms with van der Waals surface area (Å²) in [4.78, 5) is 2.57. The van der Waals surface area contributed by atoms with Gasteiger partial charge in [-0.05, 0) is 101 Å². The molecule has 0 aromatic rings. The van der Waals surface area contributed by atoms with Crippen molar-refractivity contribution in [3.8, 4) is 0 Å². The lowest BCUT2D eigenvalue weighted by Crippen LogP contribution is -2.38. The van der Waals surface area contributed by atoms with Gasteiger partial charge in [-0.1, -0.05) is 89.0 Å². The first-order valence-corrected chi connectivity index (χ1v) is 14.8. The lowest BCUT2D eigenvalue weighted by molar-refractivity contribution is -0.0485. The molecular formula is C32H70N2O. The van der Waals surface area contributed by atoms with Gasteiger partial charge in [-0.15, -0.1) is 0 Å². The normalized spacial score (nSPS) is 22.4. The molecule has 2 aliphatic carbocycles. The fourth-order valence-electron chi connectivity index (χ4n) is 6.30. The summed E-state index contributed by atoms with van der Waals surface area (Å²) in [5, 5.41) is 3.57. The van der Waals surface area contributed by atoms with Crippen molar-refractivity contribution in [2.24, 2.45) is 10.8 Å². The molecule has 0 bridgehead atoms. The van der Waals surface area contributed by atoms with Gasteiger partial charge >= 0.3 is 0 Å². The van der Waals surface area contributed by atoms with Crippen molar-refractivity contribution in [2.75, 3.05) is 32.8 Å². The molecule has 1 N–H and O–H groups in total. The van der Waals surface area contributed by atoms with Gasteiger partial charge in [0.05, 0.1) is 6.10 Å². The zero-order valence-corrected chi connectivity index (χ0v) is 23.9. The van der Waals surface area contributed by atoms with Gasteiger partial charge < -0.3 is 15.0 Å². The summed E-state index contributed by atoms with van der Waals surface area (Å²) in [6, 6.07) is 0.855. The molecule has 3 rings (SSSR count). The van der Waals surface area contributed by atoms with E-state index in [4.69, 9.17) is 4.74 Å². The molecule has 3 nitrogen and oxygen atoms in total. The number of nitrogens with one attached hydrogen (secondary N) is 1. The summed E-state index contributed by atoms with van der Waals surface area (Å²) in [6.07, 6.45) is 19.5. The second kappa shape index (κ2) is 20.9. The van der Waals surface area contributed by atoms with Crippen LogP contribution in [0, 0.1) is 10.8 Å². The van der Waals surface area contributed by atoms with Gasteiger partial charge in [-0.25, -0.2) is 0 Å². The highest BCUT2D eigenvalue weighted by molar-refractivity contribution is 4.89. The van der Waals surface area contributed by atoms with Gasteiger partial charge in [0.1, 0.15) is 0 Å². The zero-order chi connectivity index (χ0) is 24.6. The van der Waals surface area contributed by atoms with Crippen LogP contribution in [0.1, 0.15) is 153 Å². The maximum atomic E-state index is 5.90. The van der Waals surface area contributed by atoms with Crippen molar-refractivity contribution in [3.63, 3.8) is 0 Å². The van der Waals surface area contributed by atoms with Crippen LogP contribution in [0.25, 0.3) is 0 Å². The Kier molecular flexibility index (Phi) is 22.1. The first kappa shape index (κ1) is 37.0. The van der Waals surface area contributed by atoms with Gasteiger partial charge in [-0.2, -0.15) is 0 Å². The highest BCUT2D eigenvalue weighted by Gasteiger charge is 2.38. The maximum Gasteiger partial charge on any atom is 0.0585 e. The van der Waals surface area contributed by atoms with E-state index in [2.05, 4.69) is 58.7 Å². The van der Waals surface area contributed by atoms with E-state index in [0.717, 1.165) is 19.1 Å². The SMILES string of the molecule is C.C.CCCN1CCCCC1.CCCNC1CCCCC1.CCCOC1CC(C)(C)CC(C)(C)C1. The van der Waals surface area contributed by atoms with Crippen molar-refractivity contribution in [1.82, 2.24) is 10.2 Å². The largest absolute Gasteiger partial charge is 0.378 e. The molecule has 0 spiro atoms. The van der Waals surface area contributed by atoms with Gasteiger partial charge in [0.25, 0.3) is 0 Å². The maximum absolute atomic E-state index is 5.90. The molecule has 214 valence electrons. The van der Waals surface area contributed by atoms with Crippen molar-refractivity contribution >= 4 is 0 Å². The Morgan fingerprint density at radius 1 is 0.743 bits per heavy atom. The number of nitrogens with zero attached hydrogens (tertiary/aromatic N) is 1. The average molecular weight is 499 g/mol. The minimum atomic E-state index is 0. The van der Waals surface area contributed by atoms with Crippen LogP contribution in [0.15, 0.2) is 0 Å². The van der Waals surface area contributed by atoms with Gasteiger partial charge in [-0.3, -0.25) is 0 Å². The van der Waals surface area contributed by atoms with Crippen LogP contribution < -0.4 is 5.32 Å². The van der Waals surface area contributed by atoms with Crippen LogP contribution in [0.5, 0.6) is 0 Å². The molecule has 0 aromatic carbocycles. The summed E-state index contributed by atoms with van der Waals surface area (Å²) < 4.78 is 5.90. The molecule has 1 saturated heterocycles. The van der Waals surface area contributed by atoms with Crippen LogP contribution in [0.3, 0.4) is 0 Å². The van der Waals surface area contributed by atoms with Crippen molar-refractivity contribution in [2.45, 2.75) is 165 Å². The summed E-state index contributed by atoms with van der Waals surface area (Å²) in [5.41, 5.74) is 0.917. The van der Waals surface area contributed by atoms with Crippen LogP contribution in [-0.2, 0) is 4.74 Å². The number of hydrogen-bond donors (Lipinski definition) is 1. The van der Waals surface area contributed by atoms with E-state index in [0.29, 0.717) is 16.9 Å². The highest BCUT2D eigenvalue weighted by atomic mass is 16.5. The van der Waals surface area contributed by atoms with Crippen molar-refractivity contribution in [3.05, 3.63) is 0 Å². The fourth-order valence-corrected chi connectivity index (χ4v) is 6.30. The Morgan fingerprint density at radius 3 is 1.77 bits per heavy atom. The lowest BCUT2D eigenvalue weighted by Gasteiger charge is -2.44. The Balaban J connectivity index is 0. The van der Waals surface area contributed by atoms with Gasteiger partial charge in [0.15, 0.2) is 0 Å². The summed E-state index contributed by atoms with van der Waals surface area (Å²) in [6.45, 7) is 22.3. The molecule has 1 heterocycles. The number of likely N-dealkylation sites (tertiary alicyclic amines) is 1. The second-order valence-electron chi connectivity index (χ2n) is 12.6. The molecular weight excluding hydrogens is 428 g/mol. The van der Waals surface area contributed by atoms with E-state index in [1.807, 2.05) is 0 Å². The molecule has 35 heavy (non-hydrogen) atoms. The monoisotopic (exact) mass is 499 g/mol. The number of ether oxygens (including phenoxy) is 1. The second-order valence-corrected chi connectivity index (χ2v) is 12.6. The van der Waals surface area contributed by atoms with E-state index < -0.39 is 0 Å². The first-order chi connectivity index (χ1) is 15.7. The van der Waals surface area contributed by atoms with Gasteiger partial charge in [0.2, 0.25) is 0 Å². The number of piperidine rings is 1. The fraction of sp³-hybridized carbons (Fsp3) is 1.00. The quantitative estimate of drug-likeness (QED) is 0.360. The predicted octanol–water partition coefficient (Wildman–Crippen LogP) is 9.49. The Morgan fingerprint density at radius 2 is 1.29 bits per heavy atom. The van der Waals surface area contributed by atoms with Crippen LogP contribution >= 0.6 is 0 Å². The highest BCUT2D eigenvalue weighted by Crippen LogP contribution is 2.46. The molecule has 3 heteroatoms. The summed E-state index contributed by atoms with van der Waals surface area (Å²) >= 11 is 0. The summed E-state index contributed by atoms with van der Waals surface area (Å²) in [7, 11) is 0. The molecule has 0 radical (unpaired) electrons. The predicted molar refractivity (Wildman–Crippen MR) is 161 cm³/mol. The topological polar surface area (TPSA) is 24.5 Å². The molecule has 2 saturated carbocycles. The van der Waals surface area contributed by atoms with E-state index in [1.54, 1.807) is 0 Å². The van der Waals surface area contributed by atoms with E-state index in [1.165, 1.54) is 110 Å². The standard InChI is InChI=1S/C13H26O.C9H19N.C8H17N.2CH4/c1-6-7-14-11-8-12(2,3)10-13(4,5)9-11;1-2-8-10-9-6-4-3-5-7-9;1-2-6-9-7-4-3-5-8-9;;/h11H,6-10H2,1-5H3;9-10H,2-8H2,1H3;2-8H2,1H3;2*1H4. The van der Waals surface area contributed by atoms with E-state index >= 15 is 0 Å². The zero-order valence-electron chi connectivity index (χ0n) is 23.9. The number of rotatable bonds is 8. The number of hydrogen-bond acceptors (Lipinski definition) is 3. The molecule has 3 fully saturated rings. The third-order valence-corrected chi connectivity index (χ3v) is 7.35. The van der Waals surface area contributed by atoms with Crippen LogP contribution in [0.4, 0.5) is 0 Å². The van der Waals surface area contributed by atoms with Gasteiger partial charge in [0, 0.05) is 12.6 Å². The molecule has 0 amide bonds. The third kappa shape index (κ3) is 18.7. The smallest absolute Gasteiger partial charge is 0.0585 e. The first-order valence-electron chi connectivity index (χ1n) is 14.8. The lowest BCUT2D eigenvalue weighted by atomic mass is 9.64. The Labute approximate surface area is 223 Å². The molecule has 0 aromatic heterocycles. The molecule has 3 aliphatic rings. The molecule has 1 aliphatic heterocycles. The van der Waals surface area contributed by atoms with Crippen molar-refractivity contribution in [1.29, 1.82) is 0 Å². The molecule has 0 unspecified atom stereocenters. The van der Waals surface area contributed by atoms with Crippen LogP contribution in [0.2, 0.25) is 0 Å². The Hall–Kier alpha value is -0.120. The summed E-state index contributed by atoms with van der Waals surface area (Å²) in [5.74, 6) is 0.